The minimum Gasteiger partial charge on any atom is -0.355 e. The molecule has 0 aliphatic carbocycles. The van der Waals surface area contributed by atoms with Gasteiger partial charge in [-0.15, -0.1) is 11.3 Å². The lowest BCUT2D eigenvalue weighted by Gasteiger charge is -2.11. The van der Waals surface area contributed by atoms with Crippen LogP contribution < -0.4 is 5.32 Å². The number of imidazole rings is 1. The lowest BCUT2D eigenvalue weighted by Crippen LogP contribution is -2.13. The van der Waals surface area contributed by atoms with Crippen molar-refractivity contribution in [3.8, 4) is 0 Å². The molecule has 0 aromatic carbocycles. The molecule has 0 aliphatic rings. The van der Waals surface area contributed by atoms with E-state index in [0.29, 0.717) is 5.92 Å². The van der Waals surface area contributed by atoms with Crippen molar-refractivity contribution in [1.29, 1.82) is 0 Å². The summed E-state index contributed by atoms with van der Waals surface area (Å²) in [6.45, 7) is 8.49. The maximum atomic E-state index is 4.38. The highest BCUT2D eigenvalue weighted by molar-refractivity contribution is 7.10. The van der Waals surface area contributed by atoms with Crippen molar-refractivity contribution in [1.82, 2.24) is 9.55 Å². The molecule has 0 aliphatic heterocycles. The molecule has 0 amide bonds. The molecule has 2 aromatic heterocycles. The van der Waals surface area contributed by atoms with Crippen molar-refractivity contribution in [3.63, 3.8) is 0 Å². The van der Waals surface area contributed by atoms with Crippen LogP contribution >= 0.6 is 11.3 Å². The van der Waals surface area contributed by atoms with Gasteiger partial charge < -0.3 is 9.88 Å². The Morgan fingerprint density at radius 1 is 1.44 bits per heavy atom. The van der Waals surface area contributed by atoms with Crippen molar-refractivity contribution in [2.45, 2.75) is 33.7 Å². The van der Waals surface area contributed by atoms with E-state index >= 15 is 0 Å². The van der Waals surface area contributed by atoms with Gasteiger partial charge in [0, 0.05) is 23.8 Å². The highest BCUT2D eigenvalue weighted by Gasteiger charge is 2.07. The first kappa shape index (κ1) is 13.1. The number of nitrogens with one attached hydrogen (secondary N) is 1. The number of anilines is 1. The summed E-state index contributed by atoms with van der Waals surface area (Å²) in [5.41, 5.74) is 1.45. The zero-order valence-corrected chi connectivity index (χ0v) is 12.1. The number of aryl methyl sites for hydroxylation is 1. The quantitative estimate of drug-likeness (QED) is 0.862. The fraction of sp³-hybridized carbons (Fsp3) is 0.500. The molecule has 18 heavy (non-hydrogen) atoms. The van der Waals surface area contributed by atoms with Crippen LogP contribution in [0.1, 0.15) is 31.2 Å². The monoisotopic (exact) mass is 263 g/mol. The lowest BCUT2D eigenvalue weighted by molar-refractivity contribution is 0.676. The van der Waals surface area contributed by atoms with Crippen LogP contribution in [0, 0.1) is 5.92 Å². The second-order valence-electron chi connectivity index (χ2n) is 4.88. The van der Waals surface area contributed by atoms with E-state index in [9.17, 15) is 0 Å². The van der Waals surface area contributed by atoms with E-state index in [2.05, 4.69) is 47.1 Å². The van der Waals surface area contributed by atoms with E-state index in [0.717, 1.165) is 25.5 Å². The number of hydrogen-bond donors (Lipinski definition) is 1. The molecule has 1 N–H and O–H groups in total. The van der Waals surface area contributed by atoms with Crippen LogP contribution in [-0.2, 0) is 13.0 Å². The van der Waals surface area contributed by atoms with Crippen molar-refractivity contribution < 1.29 is 0 Å². The van der Waals surface area contributed by atoms with E-state index in [1.54, 1.807) is 0 Å². The number of rotatable bonds is 6. The van der Waals surface area contributed by atoms with Gasteiger partial charge in [0.2, 0.25) is 5.95 Å². The molecule has 0 radical (unpaired) electrons. The maximum Gasteiger partial charge on any atom is 0.203 e. The van der Waals surface area contributed by atoms with Gasteiger partial charge in [0.1, 0.15) is 0 Å². The lowest BCUT2D eigenvalue weighted by atomic mass is 10.2. The van der Waals surface area contributed by atoms with Gasteiger partial charge in [0.25, 0.3) is 0 Å². The first-order valence-electron chi connectivity index (χ1n) is 6.51. The van der Waals surface area contributed by atoms with Crippen molar-refractivity contribution in [2.24, 2.45) is 5.92 Å². The molecule has 0 spiro atoms. The Kier molecular flexibility index (Phi) is 4.42. The molecule has 3 nitrogen and oxygen atoms in total. The van der Waals surface area contributed by atoms with Crippen molar-refractivity contribution >= 4 is 17.3 Å². The molecule has 0 saturated heterocycles. The van der Waals surface area contributed by atoms with Crippen LogP contribution in [0.5, 0.6) is 0 Å². The highest BCUT2D eigenvalue weighted by atomic mass is 32.1. The Balaban J connectivity index is 2.07. The van der Waals surface area contributed by atoms with E-state index in [4.69, 9.17) is 0 Å². The number of aromatic nitrogens is 2. The number of nitrogens with zero attached hydrogens (tertiary/aromatic N) is 2. The molecule has 2 rings (SSSR count). The molecule has 0 bridgehead atoms. The van der Waals surface area contributed by atoms with Gasteiger partial charge in [-0.05, 0) is 29.3 Å². The minimum absolute atomic E-state index is 0.628. The van der Waals surface area contributed by atoms with E-state index in [1.807, 2.05) is 23.7 Å². The highest BCUT2D eigenvalue weighted by Crippen LogP contribution is 2.20. The summed E-state index contributed by atoms with van der Waals surface area (Å²) in [7, 11) is 0. The average Bonchev–Trinajstić information content (AvgIpc) is 2.96. The number of hydrogen-bond acceptors (Lipinski definition) is 3. The van der Waals surface area contributed by atoms with Crippen molar-refractivity contribution in [3.05, 3.63) is 34.3 Å². The van der Waals surface area contributed by atoms with Gasteiger partial charge in [0.05, 0.1) is 6.54 Å². The first-order valence-corrected chi connectivity index (χ1v) is 7.39. The van der Waals surface area contributed by atoms with Crippen LogP contribution in [0.15, 0.2) is 23.8 Å². The largest absolute Gasteiger partial charge is 0.355 e. The first-order chi connectivity index (χ1) is 8.70. The Morgan fingerprint density at radius 2 is 2.28 bits per heavy atom. The standard InChI is InChI=1S/C14H21N3S/c1-4-12-5-8-18-13(12)10-17-7-6-15-14(17)16-9-11(2)3/h5-8,11H,4,9-10H2,1-3H3,(H,15,16). The zero-order valence-electron chi connectivity index (χ0n) is 11.3. The smallest absolute Gasteiger partial charge is 0.203 e. The van der Waals surface area contributed by atoms with Crippen molar-refractivity contribution in [2.75, 3.05) is 11.9 Å². The van der Waals surface area contributed by atoms with Gasteiger partial charge in [-0.25, -0.2) is 4.98 Å². The van der Waals surface area contributed by atoms with Gasteiger partial charge in [0.15, 0.2) is 0 Å². The predicted octanol–water partition coefficient (Wildman–Crippen LogP) is 3.62. The third-order valence-electron chi connectivity index (χ3n) is 2.92. The second kappa shape index (κ2) is 6.05. The third-order valence-corrected chi connectivity index (χ3v) is 3.86. The minimum atomic E-state index is 0.628. The molecule has 0 atom stereocenters. The topological polar surface area (TPSA) is 29.9 Å². The molecule has 2 aromatic rings. The molecule has 0 saturated carbocycles. The summed E-state index contributed by atoms with van der Waals surface area (Å²) in [5.74, 6) is 1.60. The Morgan fingerprint density at radius 3 is 3.00 bits per heavy atom. The van der Waals surface area contributed by atoms with E-state index in [1.165, 1.54) is 10.4 Å². The fourth-order valence-corrected chi connectivity index (χ4v) is 2.85. The van der Waals surface area contributed by atoms with Gasteiger partial charge >= 0.3 is 0 Å². The molecular formula is C14H21N3S. The summed E-state index contributed by atoms with van der Waals surface area (Å²) in [6, 6.07) is 2.22. The summed E-state index contributed by atoms with van der Waals surface area (Å²) in [5, 5.41) is 5.57. The van der Waals surface area contributed by atoms with Crippen LogP contribution in [0.2, 0.25) is 0 Å². The summed E-state index contributed by atoms with van der Waals surface area (Å²) >= 11 is 1.83. The molecule has 98 valence electrons. The SMILES string of the molecule is CCc1ccsc1Cn1ccnc1NCC(C)C. The van der Waals surface area contributed by atoms with Gasteiger partial charge in [-0.3, -0.25) is 0 Å². The Hall–Kier alpha value is -1.29. The molecule has 0 fully saturated rings. The molecule has 0 unspecified atom stereocenters. The molecular weight excluding hydrogens is 242 g/mol. The van der Waals surface area contributed by atoms with E-state index < -0.39 is 0 Å². The van der Waals surface area contributed by atoms with E-state index in [-0.39, 0.29) is 0 Å². The number of thiophene rings is 1. The molecule has 4 heteroatoms. The maximum absolute atomic E-state index is 4.38. The van der Waals surface area contributed by atoms with Crippen LogP contribution in [0.25, 0.3) is 0 Å². The Bertz CT molecular complexity index is 485. The Labute approximate surface area is 113 Å². The summed E-state index contributed by atoms with van der Waals surface area (Å²) in [6.07, 6.45) is 5.01. The van der Waals surface area contributed by atoms with Crippen LogP contribution in [0.4, 0.5) is 5.95 Å². The third kappa shape index (κ3) is 3.13. The fourth-order valence-electron chi connectivity index (χ4n) is 1.87. The van der Waals surface area contributed by atoms with Gasteiger partial charge in [-0.1, -0.05) is 20.8 Å². The van der Waals surface area contributed by atoms with Crippen LogP contribution in [0.3, 0.4) is 0 Å². The average molecular weight is 263 g/mol. The molecule has 2 heterocycles. The second-order valence-corrected chi connectivity index (χ2v) is 5.88. The van der Waals surface area contributed by atoms with Gasteiger partial charge in [-0.2, -0.15) is 0 Å². The predicted molar refractivity (Wildman–Crippen MR) is 78.4 cm³/mol. The normalized spacial score (nSPS) is 11.1. The zero-order chi connectivity index (χ0) is 13.0. The van der Waals surface area contributed by atoms with Crippen LogP contribution in [-0.4, -0.2) is 16.1 Å². The summed E-state index contributed by atoms with van der Waals surface area (Å²) in [4.78, 5) is 5.81. The summed E-state index contributed by atoms with van der Waals surface area (Å²) < 4.78 is 2.19.